The molecule has 0 saturated heterocycles. The maximum Gasteiger partial charge on any atom is 0.142 e. The van der Waals surface area contributed by atoms with E-state index >= 15 is 0 Å². The molecule has 16 heavy (non-hydrogen) atoms. The molecule has 0 aliphatic heterocycles. The van der Waals surface area contributed by atoms with Crippen LogP contribution in [-0.2, 0) is 0 Å². The van der Waals surface area contributed by atoms with Gasteiger partial charge in [-0.25, -0.2) is 0 Å². The van der Waals surface area contributed by atoms with Crippen LogP contribution in [0.15, 0.2) is 0 Å². The maximum atomic E-state index is 5.69. The molecule has 3 N–H and O–H groups in total. The van der Waals surface area contributed by atoms with Crippen molar-refractivity contribution in [3.8, 4) is 0 Å². The lowest BCUT2D eigenvalue weighted by atomic mass is 10.3. The third-order valence-electron chi connectivity index (χ3n) is 2.79. The SMILES string of the molecule is CCN(CC)CCCNc1snc(N)c1C. The van der Waals surface area contributed by atoms with E-state index in [0.717, 1.165) is 43.2 Å². The van der Waals surface area contributed by atoms with Gasteiger partial charge in [-0.05, 0) is 44.5 Å². The van der Waals surface area contributed by atoms with Gasteiger partial charge >= 0.3 is 0 Å². The maximum absolute atomic E-state index is 5.69. The summed E-state index contributed by atoms with van der Waals surface area (Å²) in [7, 11) is 0. The third-order valence-corrected chi connectivity index (χ3v) is 3.71. The Morgan fingerprint density at radius 2 is 2.06 bits per heavy atom. The molecule has 1 aromatic rings. The van der Waals surface area contributed by atoms with E-state index in [1.54, 1.807) is 0 Å². The first-order chi connectivity index (χ1) is 7.69. The lowest BCUT2D eigenvalue weighted by molar-refractivity contribution is 0.303. The van der Waals surface area contributed by atoms with Gasteiger partial charge in [-0.3, -0.25) is 0 Å². The van der Waals surface area contributed by atoms with Gasteiger partial charge in [0.15, 0.2) is 0 Å². The summed E-state index contributed by atoms with van der Waals surface area (Å²) in [5.41, 5.74) is 6.76. The number of nitrogens with one attached hydrogen (secondary N) is 1. The molecule has 4 nitrogen and oxygen atoms in total. The fourth-order valence-corrected chi connectivity index (χ4v) is 2.29. The molecular weight excluding hydrogens is 220 g/mol. The summed E-state index contributed by atoms with van der Waals surface area (Å²) >= 11 is 1.45. The van der Waals surface area contributed by atoms with E-state index < -0.39 is 0 Å². The summed E-state index contributed by atoms with van der Waals surface area (Å²) in [6, 6.07) is 0. The van der Waals surface area contributed by atoms with Crippen LogP contribution in [0.3, 0.4) is 0 Å². The number of anilines is 2. The van der Waals surface area contributed by atoms with Crippen molar-refractivity contribution in [3.63, 3.8) is 0 Å². The smallest absolute Gasteiger partial charge is 0.142 e. The minimum atomic E-state index is 0.649. The monoisotopic (exact) mass is 242 g/mol. The number of nitrogens with two attached hydrogens (primary N) is 1. The quantitative estimate of drug-likeness (QED) is 0.720. The van der Waals surface area contributed by atoms with Crippen LogP contribution in [0.1, 0.15) is 25.8 Å². The number of nitrogen functional groups attached to an aromatic ring is 1. The van der Waals surface area contributed by atoms with Gasteiger partial charge in [0.2, 0.25) is 0 Å². The molecule has 1 aromatic heterocycles. The normalized spacial score (nSPS) is 11.0. The van der Waals surface area contributed by atoms with Crippen LogP contribution in [-0.4, -0.2) is 35.5 Å². The van der Waals surface area contributed by atoms with Crippen molar-refractivity contribution in [1.82, 2.24) is 9.27 Å². The number of hydrogen-bond donors (Lipinski definition) is 2. The predicted molar refractivity (Wildman–Crippen MR) is 72.2 cm³/mol. The van der Waals surface area contributed by atoms with Crippen molar-refractivity contribution in [2.75, 3.05) is 37.2 Å². The van der Waals surface area contributed by atoms with E-state index in [2.05, 4.69) is 28.4 Å². The molecule has 0 amide bonds. The number of rotatable bonds is 7. The Hall–Kier alpha value is -0.810. The average molecular weight is 242 g/mol. The topological polar surface area (TPSA) is 54.2 Å². The van der Waals surface area contributed by atoms with Crippen LogP contribution in [0.4, 0.5) is 10.8 Å². The van der Waals surface area contributed by atoms with E-state index in [1.807, 2.05) is 6.92 Å². The van der Waals surface area contributed by atoms with E-state index in [4.69, 9.17) is 5.73 Å². The van der Waals surface area contributed by atoms with Gasteiger partial charge in [-0.1, -0.05) is 13.8 Å². The van der Waals surface area contributed by atoms with Crippen LogP contribution in [0.25, 0.3) is 0 Å². The summed E-state index contributed by atoms with van der Waals surface area (Å²) < 4.78 is 4.11. The molecule has 5 heteroatoms. The highest BCUT2D eigenvalue weighted by atomic mass is 32.1. The van der Waals surface area contributed by atoms with Crippen molar-refractivity contribution in [2.45, 2.75) is 27.2 Å². The minimum absolute atomic E-state index is 0.649. The largest absolute Gasteiger partial charge is 0.383 e. The van der Waals surface area contributed by atoms with Crippen molar-refractivity contribution in [3.05, 3.63) is 5.56 Å². The minimum Gasteiger partial charge on any atom is -0.383 e. The van der Waals surface area contributed by atoms with E-state index in [-0.39, 0.29) is 0 Å². The molecule has 0 atom stereocenters. The lowest BCUT2D eigenvalue weighted by Gasteiger charge is -2.17. The van der Waals surface area contributed by atoms with E-state index in [1.165, 1.54) is 11.5 Å². The zero-order valence-corrected chi connectivity index (χ0v) is 11.2. The van der Waals surface area contributed by atoms with E-state index in [0.29, 0.717) is 5.82 Å². The highest BCUT2D eigenvalue weighted by molar-refractivity contribution is 7.10. The van der Waals surface area contributed by atoms with Gasteiger partial charge in [-0.15, -0.1) is 0 Å². The highest BCUT2D eigenvalue weighted by Gasteiger charge is 2.05. The van der Waals surface area contributed by atoms with Crippen molar-refractivity contribution >= 4 is 22.4 Å². The Morgan fingerprint density at radius 3 is 2.56 bits per heavy atom. The average Bonchev–Trinajstić information content (AvgIpc) is 2.61. The van der Waals surface area contributed by atoms with Crippen LogP contribution < -0.4 is 11.1 Å². The highest BCUT2D eigenvalue weighted by Crippen LogP contribution is 2.24. The first-order valence-electron chi connectivity index (χ1n) is 5.87. The van der Waals surface area contributed by atoms with Crippen LogP contribution in [0, 0.1) is 6.92 Å². The van der Waals surface area contributed by atoms with Gasteiger partial charge < -0.3 is 16.0 Å². The van der Waals surface area contributed by atoms with Gasteiger partial charge in [0, 0.05) is 12.1 Å². The molecular formula is C11H22N4S. The van der Waals surface area contributed by atoms with Crippen LogP contribution >= 0.6 is 11.5 Å². The van der Waals surface area contributed by atoms with Crippen LogP contribution in [0.2, 0.25) is 0 Å². The van der Waals surface area contributed by atoms with Crippen molar-refractivity contribution in [1.29, 1.82) is 0 Å². The molecule has 1 rings (SSSR count). The molecule has 0 saturated carbocycles. The second-order valence-electron chi connectivity index (χ2n) is 3.83. The Bertz CT molecular complexity index is 307. The van der Waals surface area contributed by atoms with Gasteiger partial charge in [0.25, 0.3) is 0 Å². The molecule has 0 fully saturated rings. The fourth-order valence-electron chi connectivity index (χ4n) is 1.56. The molecule has 0 aromatic carbocycles. The van der Waals surface area contributed by atoms with Crippen molar-refractivity contribution in [2.24, 2.45) is 0 Å². The Labute approximate surface area is 102 Å². The van der Waals surface area contributed by atoms with Gasteiger partial charge in [-0.2, -0.15) is 4.37 Å². The lowest BCUT2D eigenvalue weighted by Crippen LogP contribution is -2.25. The van der Waals surface area contributed by atoms with Gasteiger partial charge in [0.05, 0.1) is 0 Å². The summed E-state index contributed by atoms with van der Waals surface area (Å²) in [6.45, 7) is 10.8. The molecule has 0 aliphatic carbocycles. The number of aromatic nitrogens is 1. The van der Waals surface area contributed by atoms with Gasteiger partial charge in [0.1, 0.15) is 10.8 Å². The predicted octanol–water partition coefficient (Wildman–Crippen LogP) is 2.18. The summed E-state index contributed by atoms with van der Waals surface area (Å²) in [5, 5.41) is 4.50. The summed E-state index contributed by atoms with van der Waals surface area (Å²) in [5.74, 6) is 0.649. The zero-order chi connectivity index (χ0) is 12.0. The number of nitrogens with zero attached hydrogens (tertiary/aromatic N) is 2. The molecule has 0 bridgehead atoms. The Balaban J connectivity index is 2.23. The Kier molecular flexibility index (Phi) is 5.55. The number of hydrogen-bond acceptors (Lipinski definition) is 5. The molecule has 0 radical (unpaired) electrons. The molecule has 92 valence electrons. The Morgan fingerprint density at radius 1 is 1.38 bits per heavy atom. The summed E-state index contributed by atoms with van der Waals surface area (Å²) in [6.07, 6.45) is 1.15. The van der Waals surface area contributed by atoms with Crippen LogP contribution in [0.5, 0.6) is 0 Å². The molecule has 0 unspecified atom stereocenters. The fraction of sp³-hybridized carbons (Fsp3) is 0.727. The first-order valence-corrected chi connectivity index (χ1v) is 6.64. The second kappa shape index (κ2) is 6.70. The van der Waals surface area contributed by atoms with E-state index in [9.17, 15) is 0 Å². The first kappa shape index (κ1) is 13.3. The molecule has 0 aliphatic rings. The summed E-state index contributed by atoms with van der Waals surface area (Å²) in [4.78, 5) is 2.43. The third kappa shape index (κ3) is 3.64. The standard InChI is InChI=1S/C11H22N4S/c1-4-15(5-2)8-6-7-13-11-9(3)10(12)14-16-11/h13H,4-8H2,1-3H3,(H2,12,14). The van der Waals surface area contributed by atoms with Crippen molar-refractivity contribution < 1.29 is 0 Å². The molecule has 1 heterocycles. The molecule has 0 spiro atoms. The zero-order valence-electron chi connectivity index (χ0n) is 10.4. The second-order valence-corrected chi connectivity index (χ2v) is 4.60.